The van der Waals surface area contributed by atoms with Gasteiger partial charge in [-0.15, -0.1) is 11.3 Å². The molecule has 1 aromatic heterocycles. The van der Waals surface area contributed by atoms with Crippen LogP contribution < -0.4 is 5.73 Å². The summed E-state index contributed by atoms with van der Waals surface area (Å²) in [7, 11) is 0. The lowest BCUT2D eigenvalue weighted by Crippen LogP contribution is -2.11. The third-order valence-corrected chi connectivity index (χ3v) is 3.14. The van der Waals surface area contributed by atoms with E-state index in [1.165, 1.54) is 17.4 Å². The van der Waals surface area contributed by atoms with Crippen molar-refractivity contribution in [3.63, 3.8) is 0 Å². The van der Waals surface area contributed by atoms with Crippen LogP contribution in [-0.2, 0) is 0 Å². The highest BCUT2D eigenvalue weighted by Gasteiger charge is 2.15. The highest BCUT2D eigenvalue weighted by molar-refractivity contribution is 7.09. The minimum Gasteiger partial charge on any atom is -0.508 e. The van der Waals surface area contributed by atoms with Crippen LogP contribution in [0.25, 0.3) is 0 Å². The highest BCUT2D eigenvalue weighted by Crippen LogP contribution is 2.30. The van der Waals surface area contributed by atoms with E-state index in [0.717, 1.165) is 5.01 Å². The van der Waals surface area contributed by atoms with Gasteiger partial charge in [0.2, 0.25) is 0 Å². The Morgan fingerprint density at radius 2 is 2.27 bits per heavy atom. The van der Waals surface area contributed by atoms with Gasteiger partial charge in [-0.1, -0.05) is 11.6 Å². The molecule has 0 spiro atoms. The molecular weight excluding hydrogens is 232 g/mol. The number of rotatable bonds is 2. The fraction of sp³-hybridized carbons (Fsp3) is 0.100. The zero-order valence-electron chi connectivity index (χ0n) is 7.72. The lowest BCUT2D eigenvalue weighted by atomic mass is 10.1. The maximum Gasteiger partial charge on any atom is 0.120 e. The Hall–Kier alpha value is -1.10. The maximum atomic E-state index is 9.64. The first kappa shape index (κ1) is 10.4. The van der Waals surface area contributed by atoms with Gasteiger partial charge in [0.25, 0.3) is 0 Å². The SMILES string of the molecule is NC(c1nccs1)c1cc(Cl)ccc1O. The topological polar surface area (TPSA) is 59.1 Å². The average Bonchev–Trinajstić information content (AvgIpc) is 2.74. The number of halogens is 1. The van der Waals surface area contributed by atoms with Crippen LogP contribution in [0.1, 0.15) is 16.6 Å². The zero-order chi connectivity index (χ0) is 10.8. The molecule has 0 saturated carbocycles. The monoisotopic (exact) mass is 240 g/mol. The number of aromatic hydroxyl groups is 1. The molecule has 0 amide bonds. The molecule has 15 heavy (non-hydrogen) atoms. The molecule has 0 aliphatic rings. The van der Waals surface area contributed by atoms with Gasteiger partial charge in [0.15, 0.2) is 0 Å². The van der Waals surface area contributed by atoms with E-state index < -0.39 is 6.04 Å². The van der Waals surface area contributed by atoms with Gasteiger partial charge in [-0.05, 0) is 18.2 Å². The summed E-state index contributed by atoms with van der Waals surface area (Å²) in [4.78, 5) is 4.10. The van der Waals surface area contributed by atoms with Gasteiger partial charge >= 0.3 is 0 Å². The molecule has 0 aliphatic carbocycles. The number of phenols is 1. The van der Waals surface area contributed by atoms with E-state index in [1.54, 1.807) is 18.3 Å². The second-order valence-corrected chi connectivity index (χ2v) is 4.41. The quantitative estimate of drug-likeness (QED) is 0.848. The first-order valence-electron chi connectivity index (χ1n) is 4.32. The predicted octanol–water partition coefficient (Wildman–Crippen LogP) is 2.55. The van der Waals surface area contributed by atoms with E-state index in [9.17, 15) is 5.11 Å². The molecule has 1 unspecified atom stereocenters. The molecule has 0 radical (unpaired) electrons. The van der Waals surface area contributed by atoms with E-state index in [2.05, 4.69) is 4.98 Å². The van der Waals surface area contributed by atoms with E-state index >= 15 is 0 Å². The van der Waals surface area contributed by atoms with Crippen LogP contribution in [0.5, 0.6) is 5.75 Å². The van der Waals surface area contributed by atoms with Gasteiger partial charge in [0.1, 0.15) is 10.8 Å². The van der Waals surface area contributed by atoms with Crippen LogP contribution in [-0.4, -0.2) is 10.1 Å². The molecule has 1 atom stereocenters. The number of nitrogens with zero attached hydrogens (tertiary/aromatic N) is 1. The summed E-state index contributed by atoms with van der Waals surface area (Å²) in [6, 6.07) is 4.38. The summed E-state index contributed by atoms with van der Waals surface area (Å²) in [5, 5.41) is 12.8. The highest BCUT2D eigenvalue weighted by atomic mass is 35.5. The standard InChI is InChI=1S/C10H9ClN2OS/c11-6-1-2-8(14)7(5-6)9(12)10-13-3-4-15-10/h1-5,9,14H,12H2. The van der Waals surface area contributed by atoms with E-state index in [4.69, 9.17) is 17.3 Å². The lowest BCUT2D eigenvalue weighted by molar-refractivity contribution is 0.465. The molecule has 5 heteroatoms. The lowest BCUT2D eigenvalue weighted by Gasteiger charge is -2.11. The molecule has 1 heterocycles. The van der Waals surface area contributed by atoms with Crippen molar-refractivity contribution < 1.29 is 5.11 Å². The fourth-order valence-corrected chi connectivity index (χ4v) is 2.13. The summed E-state index contributed by atoms with van der Waals surface area (Å²) < 4.78 is 0. The van der Waals surface area contributed by atoms with Crippen LogP contribution in [0.3, 0.4) is 0 Å². The summed E-state index contributed by atoms with van der Waals surface area (Å²) >= 11 is 7.29. The Kier molecular flexibility index (Phi) is 2.90. The van der Waals surface area contributed by atoms with Gasteiger partial charge < -0.3 is 10.8 Å². The van der Waals surface area contributed by atoms with Crippen LogP contribution in [0.15, 0.2) is 29.8 Å². The summed E-state index contributed by atoms with van der Waals surface area (Å²) in [5.41, 5.74) is 6.55. The van der Waals surface area contributed by atoms with Crippen LogP contribution >= 0.6 is 22.9 Å². The number of nitrogens with two attached hydrogens (primary N) is 1. The number of aromatic nitrogens is 1. The number of hydrogen-bond donors (Lipinski definition) is 2. The second-order valence-electron chi connectivity index (χ2n) is 3.05. The normalized spacial score (nSPS) is 12.7. The molecule has 0 fully saturated rings. The first-order chi connectivity index (χ1) is 7.18. The maximum absolute atomic E-state index is 9.64. The van der Waals surface area contributed by atoms with Gasteiger partial charge in [0, 0.05) is 22.2 Å². The van der Waals surface area contributed by atoms with Crippen molar-refractivity contribution in [1.29, 1.82) is 0 Å². The van der Waals surface area contributed by atoms with E-state index in [1.807, 2.05) is 5.38 Å². The Morgan fingerprint density at radius 1 is 1.47 bits per heavy atom. The third kappa shape index (κ3) is 2.12. The molecule has 2 rings (SSSR count). The van der Waals surface area contributed by atoms with Gasteiger partial charge in [-0.2, -0.15) is 0 Å². The van der Waals surface area contributed by atoms with Crippen molar-refractivity contribution in [1.82, 2.24) is 4.98 Å². The van der Waals surface area contributed by atoms with Crippen molar-refractivity contribution >= 4 is 22.9 Å². The first-order valence-corrected chi connectivity index (χ1v) is 5.57. The molecular formula is C10H9ClN2OS. The van der Waals surface area contributed by atoms with E-state index in [0.29, 0.717) is 10.6 Å². The number of benzene rings is 1. The zero-order valence-corrected chi connectivity index (χ0v) is 9.29. The van der Waals surface area contributed by atoms with Crippen molar-refractivity contribution in [3.8, 4) is 5.75 Å². The minimum atomic E-state index is -0.427. The van der Waals surface area contributed by atoms with Crippen molar-refractivity contribution in [2.24, 2.45) is 5.73 Å². The minimum absolute atomic E-state index is 0.141. The fourth-order valence-electron chi connectivity index (χ4n) is 1.30. The Balaban J connectivity index is 2.41. The third-order valence-electron chi connectivity index (χ3n) is 2.04. The predicted molar refractivity (Wildman–Crippen MR) is 61.3 cm³/mol. The van der Waals surface area contributed by atoms with Crippen molar-refractivity contribution in [2.45, 2.75) is 6.04 Å². The number of phenolic OH excluding ortho intramolecular Hbond substituents is 1. The van der Waals surface area contributed by atoms with Crippen LogP contribution in [0, 0.1) is 0 Å². The van der Waals surface area contributed by atoms with Crippen LogP contribution in [0.2, 0.25) is 5.02 Å². The summed E-state index contributed by atoms with van der Waals surface area (Å²) in [6.45, 7) is 0. The molecule has 3 nitrogen and oxygen atoms in total. The van der Waals surface area contributed by atoms with Gasteiger partial charge in [-0.25, -0.2) is 4.98 Å². The summed E-state index contributed by atoms with van der Waals surface area (Å²) in [5.74, 6) is 0.141. The molecule has 78 valence electrons. The summed E-state index contributed by atoms with van der Waals surface area (Å²) in [6.07, 6.45) is 1.68. The molecule has 0 aliphatic heterocycles. The smallest absolute Gasteiger partial charge is 0.120 e. The van der Waals surface area contributed by atoms with Gasteiger partial charge in [0.05, 0.1) is 6.04 Å². The van der Waals surface area contributed by atoms with Crippen molar-refractivity contribution in [3.05, 3.63) is 45.4 Å². The van der Waals surface area contributed by atoms with Crippen LogP contribution in [0.4, 0.5) is 0 Å². The average molecular weight is 241 g/mol. The Bertz CT molecular complexity index is 458. The van der Waals surface area contributed by atoms with Crippen molar-refractivity contribution in [2.75, 3.05) is 0 Å². The van der Waals surface area contributed by atoms with Gasteiger partial charge in [-0.3, -0.25) is 0 Å². The largest absolute Gasteiger partial charge is 0.508 e. The molecule has 1 aromatic carbocycles. The van der Waals surface area contributed by atoms with E-state index in [-0.39, 0.29) is 5.75 Å². The Morgan fingerprint density at radius 3 is 2.93 bits per heavy atom. The Labute approximate surface area is 96.2 Å². The molecule has 0 bridgehead atoms. The molecule has 3 N–H and O–H groups in total. The number of thiazole rings is 1. The molecule has 2 aromatic rings. The molecule has 0 saturated heterocycles. The second kappa shape index (κ2) is 4.18. The number of hydrogen-bond acceptors (Lipinski definition) is 4.